The van der Waals surface area contributed by atoms with Crippen LogP contribution in [0.25, 0.3) is 0 Å². The lowest BCUT2D eigenvalue weighted by Gasteiger charge is -2.28. The molecule has 0 radical (unpaired) electrons. The minimum atomic E-state index is -0.971. The van der Waals surface area contributed by atoms with Crippen LogP contribution < -0.4 is 0 Å². The van der Waals surface area contributed by atoms with Crippen LogP contribution in [0.3, 0.4) is 0 Å². The van der Waals surface area contributed by atoms with Crippen molar-refractivity contribution >= 4 is 11.0 Å². The van der Waals surface area contributed by atoms with Gasteiger partial charge in [0, 0.05) is 12.8 Å². The van der Waals surface area contributed by atoms with Crippen molar-refractivity contribution in [2.75, 3.05) is 12.8 Å². The molecule has 0 aromatic carbocycles. The average Bonchev–Trinajstić information content (AvgIpc) is 2.04. The molecule has 1 rings (SSSR count). The first kappa shape index (κ1) is 8.69. The molecule has 2 unspecified atom stereocenters. The van der Waals surface area contributed by atoms with Gasteiger partial charge in [-0.2, -0.15) is 5.26 Å². The Labute approximate surface area is 69.6 Å². The maximum Gasteiger partial charge on any atom is 0.109 e. The highest BCUT2D eigenvalue weighted by Gasteiger charge is 2.23. The minimum Gasteiger partial charge on any atom is -0.243 e. The second kappa shape index (κ2) is 3.84. The fourth-order valence-electron chi connectivity index (χ4n) is 1.34. The van der Waals surface area contributed by atoms with E-state index in [1.807, 2.05) is 0 Å². The van der Waals surface area contributed by atoms with Crippen LogP contribution in [0.5, 0.6) is 0 Å². The third-order valence-corrected chi connectivity index (χ3v) is 3.03. The first-order valence-corrected chi connectivity index (χ1v) is 5.27. The molecule has 62 valence electrons. The van der Waals surface area contributed by atoms with Gasteiger partial charge in [0.05, 0.1) is 17.1 Å². The summed E-state index contributed by atoms with van der Waals surface area (Å²) in [7, 11) is -0.971. The summed E-state index contributed by atoms with van der Waals surface area (Å²) in [6, 6.07) is 2.05. The lowest BCUT2D eigenvalue weighted by molar-refractivity contribution is 0.313. The van der Waals surface area contributed by atoms with Crippen molar-refractivity contribution in [2.45, 2.75) is 25.3 Å². The third kappa shape index (κ3) is 2.01. The molecule has 0 saturated carbocycles. The van der Waals surface area contributed by atoms with Gasteiger partial charge in [-0.1, -0.05) is 0 Å². The molecule has 11 heavy (non-hydrogen) atoms. The molecular weight excluding hydrogens is 160 g/mol. The van der Waals surface area contributed by atoms with Crippen LogP contribution in [0.15, 0.2) is 0 Å². The SMILES string of the molecule is CS(=O)N1CCCCC1C#N. The molecule has 1 fully saturated rings. The number of piperidine rings is 1. The Bertz CT molecular complexity index is 199. The van der Waals surface area contributed by atoms with Crippen LogP contribution in [0.2, 0.25) is 0 Å². The highest BCUT2D eigenvalue weighted by Crippen LogP contribution is 2.16. The lowest BCUT2D eigenvalue weighted by Crippen LogP contribution is -2.39. The van der Waals surface area contributed by atoms with Crippen LogP contribution >= 0.6 is 0 Å². The topological polar surface area (TPSA) is 44.1 Å². The van der Waals surface area contributed by atoms with Crippen LogP contribution in [0, 0.1) is 11.3 Å². The normalized spacial score (nSPS) is 29.3. The minimum absolute atomic E-state index is 0.116. The second-order valence-corrected chi connectivity index (χ2v) is 4.02. The van der Waals surface area contributed by atoms with E-state index < -0.39 is 11.0 Å². The number of nitrogens with zero attached hydrogens (tertiary/aromatic N) is 2. The Hall–Kier alpha value is -0.400. The quantitative estimate of drug-likeness (QED) is 0.583. The Morgan fingerprint density at radius 3 is 2.82 bits per heavy atom. The molecule has 1 saturated heterocycles. The van der Waals surface area contributed by atoms with Gasteiger partial charge in [-0.25, -0.2) is 8.51 Å². The molecule has 1 heterocycles. The molecule has 0 aromatic rings. The first-order valence-electron chi connectivity index (χ1n) is 3.75. The molecular formula is C7H12N2OS. The summed E-state index contributed by atoms with van der Waals surface area (Å²) in [6.07, 6.45) is 4.66. The van der Waals surface area contributed by atoms with Gasteiger partial charge in [0.15, 0.2) is 0 Å². The molecule has 1 aliphatic heterocycles. The van der Waals surface area contributed by atoms with E-state index in [0.717, 1.165) is 25.8 Å². The Kier molecular flexibility index (Phi) is 3.03. The Morgan fingerprint density at radius 2 is 2.36 bits per heavy atom. The van der Waals surface area contributed by atoms with Gasteiger partial charge in [0.25, 0.3) is 0 Å². The number of hydrogen-bond donors (Lipinski definition) is 0. The van der Waals surface area contributed by atoms with Gasteiger partial charge in [0.1, 0.15) is 6.04 Å². The molecule has 2 atom stereocenters. The highest BCUT2D eigenvalue weighted by atomic mass is 32.2. The summed E-state index contributed by atoms with van der Waals surface area (Å²) in [5, 5.41) is 8.68. The van der Waals surface area contributed by atoms with Crippen molar-refractivity contribution < 1.29 is 4.21 Å². The fraction of sp³-hybridized carbons (Fsp3) is 0.857. The molecule has 3 nitrogen and oxygen atoms in total. The van der Waals surface area contributed by atoms with Gasteiger partial charge in [-0.3, -0.25) is 0 Å². The van der Waals surface area contributed by atoms with E-state index in [0.29, 0.717) is 0 Å². The van der Waals surface area contributed by atoms with Gasteiger partial charge in [0.2, 0.25) is 0 Å². The lowest BCUT2D eigenvalue weighted by atomic mass is 10.1. The second-order valence-electron chi connectivity index (χ2n) is 2.71. The number of hydrogen-bond acceptors (Lipinski definition) is 2. The molecule has 0 amide bonds. The smallest absolute Gasteiger partial charge is 0.109 e. The monoisotopic (exact) mass is 172 g/mol. The molecule has 0 N–H and O–H groups in total. The summed E-state index contributed by atoms with van der Waals surface area (Å²) in [4.78, 5) is 0. The molecule has 1 aliphatic rings. The number of nitriles is 1. The summed E-state index contributed by atoms with van der Waals surface area (Å²) < 4.78 is 12.8. The van der Waals surface area contributed by atoms with E-state index >= 15 is 0 Å². The zero-order valence-electron chi connectivity index (χ0n) is 6.62. The summed E-state index contributed by atoms with van der Waals surface area (Å²) in [5.74, 6) is 0. The predicted molar refractivity (Wildman–Crippen MR) is 44.0 cm³/mol. The predicted octanol–water partition coefficient (Wildman–Crippen LogP) is 0.658. The van der Waals surface area contributed by atoms with Gasteiger partial charge in [-0.05, 0) is 19.3 Å². The van der Waals surface area contributed by atoms with Gasteiger partial charge < -0.3 is 0 Å². The third-order valence-electron chi connectivity index (χ3n) is 1.93. The molecule has 0 aliphatic carbocycles. The molecule has 0 bridgehead atoms. The Balaban J connectivity index is 2.60. The summed E-state index contributed by atoms with van der Waals surface area (Å²) >= 11 is 0. The average molecular weight is 172 g/mol. The van der Waals surface area contributed by atoms with Crippen LogP contribution in [-0.2, 0) is 11.0 Å². The van der Waals surface area contributed by atoms with E-state index in [4.69, 9.17) is 5.26 Å². The zero-order chi connectivity index (χ0) is 8.27. The van der Waals surface area contributed by atoms with Crippen LogP contribution in [0.4, 0.5) is 0 Å². The van der Waals surface area contributed by atoms with Crippen LogP contribution in [-0.4, -0.2) is 27.4 Å². The highest BCUT2D eigenvalue weighted by molar-refractivity contribution is 7.81. The van der Waals surface area contributed by atoms with E-state index in [9.17, 15) is 4.21 Å². The van der Waals surface area contributed by atoms with E-state index in [1.165, 1.54) is 0 Å². The summed E-state index contributed by atoms with van der Waals surface area (Å²) in [6.45, 7) is 0.807. The first-order chi connectivity index (χ1) is 5.25. The molecule has 0 spiro atoms. The van der Waals surface area contributed by atoms with Crippen LogP contribution in [0.1, 0.15) is 19.3 Å². The van der Waals surface area contributed by atoms with Gasteiger partial charge in [-0.15, -0.1) is 0 Å². The zero-order valence-corrected chi connectivity index (χ0v) is 7.43. The van der Waals surface area contributed by atoms with Crippen molar-refractivity contribution in [1.82, 2.24) is 4.31 Å². The van der Waals surface area contributed by atoms with Crippen molar-refractivity contribution in [3.63, 3.8) is 0 Å². The number of rotatable bonds is 1. The Morgan fingerprint density at radius 1 is 1.64 bits per heavy atom. The van der Waals surface area contributed by atoms with E-state index in [2.05, 4.69) is 6.07 Å². The maximum absolute atomic E-state index is 11.1. The summed E-state index contributed by atoms with van der Waals surface area (Å²) in [5.41, 5.74) is 0. The standard InChI is InChI=1S/C7H12N2OS/c1-11(10)9-5-3-2-4-7(9)6-8/h7H,2-5H2,1H3. The van der Waals surface area contributed by atoms with Crippen molar-refractivity contribution in [1.29, 1.82) is 5.26 Å². The van der Waals surface area contributed by atoms with E-state index in [1.54, 1.807) is 10.6 Å². The van der Waals surface area contributed by atoms with Crippen molar-refractivity contribution in [3.05, 3.63) is 0 Å². The van der Waals surface area contributed by atoms with E-state index in [-0.39, 0.29) is 6.04 Å². The largest absolute Gasteiger partial charge is 0.243 e. The molecule has 0 aromatic heterocycles. The fourth-order valence-corrected chi connectivity index (χ4v) is 2.24. The maximum atomic E-state index is 11.1. The molecule has 4 heteroatoms. The van der Waals surface area contributed by atoms with Crippen molar-refractivity contribution in [2.24, 2.45) is 0 Å². The van der Waals surface area contributed by atoms with Crippen molar-refractivity contribution in [3.8, 4) is 6.07 Å². The van der Waals surface area contributed by atoms with Gasteiger partial charge >= 0.3 is 0 Å².